The van der Waals surface area contributed by atoms with Crippen molar-refractivity contribution in [3.8, 4) is 5.75 Å². The number of carbonyl (C=O) groups excluding carboxylic acids is 1. The lowest BCUT2D eigenvalue weighted by molar-refractivity contribution is -0.133. The van der Waals surface area contributed by atoms with E-state index in [1.807, 2.05) is 25.1 Å². The lowest BCUT2D eigenvalue weighted by Gasteiger charge is -2.17. The molecule has 20 heavy (non-hydrogen) atoms. The van der Waals surface area contributed by atoms with Crippen molar-refractivity contribution in [1.82, 2.24) is 5.32 Å². The first-order chi connectivity index (χ1) is 9.43. The van der Waals surface area contributed by atoms with Gasteiger partial charge in [-0.15, -0.1) is 11.8 Å². The highest BCUT2D eigenvalue weighted by atomic mass is 79.9. The SMILES string of the molecule is COc1cc(Br)ccc1C(C)NC(=O)CSCC(=O)O. The summed E-state index contributed by atoms with van der Waals surface area (Å²) in [5, 5.41) is 11.3. The fourth-order valence-corrected chi connectivity index (χ4v) is 2.52. The summed E-state index contributed by atoms with van der Waals surface area (Å²) in [5.41, 5.74) is 0.868. The molecule has 2 N–H and O–H groups in total. The molecule has 0 bridgehead atoms. The Balaban J connectivity index is 2.59. The highest BCUT2D eigenvalue weighted by Crippen LogP contribution is 2.28. The van der Waals surface area contributed by atoms with Crippen molar-refractivity contribution in [1.29, 1.82) is 0 Å². The molecule has 0 aliphatic rings. The summed E-state index contributed by atoms with van der Waals surface area (Å²) in [7, 11) is 1.57. The van der Waals surface area contributed by atoms with E-state index >= 15 is 0 Å². The zero-order chi connectivity index (χ0) is 15.1. The molecule has 1 aromatic rings. The zero-order valence-corrected chi connectivity index (χ0v) is 13.6. The van der Waals surface area contributed by atoms with Gasteiger partial charge in [-0.3, -0.25) is 9.59 Å². The van der Waals surface area contributed by atoms with Crippen molar-refractivity contribution in [2.75, 3.05) is 18.6 Å². The van der Waals surface area contributed by atoms with Crippen LogP contribution < -0.4 is 10.1 Å². The number of benzene rings is 1. The number of hydrogen-bond acceptors (Lipinski definition) is 4. The Hall–Kier alpha value is -1.21. The van der Waals surface area contributed by atoms with E-state index in [2.05, 4.69) is 21.2 Å². The maximum atomic E-state index is 11.7. The highest BCUT2D eigenvalue weighted by Gasteiger charge is 2.14. The lowest BCUT2D eigenvalue weighted by atomic mass is 10.1. The van der Waals surface area contributed by atoms with E-state index in [1.165, 1.54) is 0 Å². The molecule has 7 heteroatoms. The van der Waals surface area contributed by atoms with E-state index in [4.69, 9.17) is 9.84 Å². The third kappa shape index (κ3) is 5.42. The fourth-order valence-electron chi connectivity index (χ4n) is 1.63. The Labute approximate surface area is 130 Å². The average Bonchev–Trinajstić information content (AvgIpc) is 2.37. The van der Waals surface area contributed by atoms with Crippen molar-refractivity contribution in [3.05, 3.63) is 28.2 Å². The number of amides is 1. The maximum absolute atomic E-state index is 11.7. The Kier molecular flexibility index (Phi) is 6.87. The molecule has 0 radical (unpaired) electrons. The third-order valence-electron chi connectivity index (χ3n) is 2.50. The van der Waals surface area contributed by atoms with Crippen LogP contribution >= 0.6 is 27.7 Å². The summed E-state index contributed by atoms with van der Waals surface area (Å²) in [6.45, 7) is 1.85. The number of carboxylic acid groups (broad SMARTS) is 1. The second-order valence-corrected chi connectivity index (χ2v) is 5.96. The Morgan fingerprint density at radius 1 is 1.45 bits per heavy atom. The summed E-state index contributed by atoms with van der Waals surface area (Å²) >= 11 is 4.43. The monoisotopic (exact) mass is 361 g/mol. The van der Waals surface area contributed by atoms with Gasteiger partial charge >= 0.3 is 5.97 Å². The largest absolute Gasteiger partial charge is 0.496 e. The van der Waals surface area contributed by atoms with Crippen molar-refractivity contribution in [2.45, 2.75) is 13.0 Å². The molecule has 0 aromatic heterocycles. The van der Waals surface area contributed by atoms with Gasteiger partial charge in [-0.25, -0.2) is 0 Å². The van der Waals surface area contributed by atoms with Gasteiger partial charge in [0, 0.05) is 10.0 Å². The minimum Gasteiger partial charge on any atom is -0.496 e. The average molecular weight is 362 g/mol. The van der Waals surface area contributed by atoms with Gasteiger partial charge in [-0.2, -0.15) is 0 Å². The Morgan fingerprint density at radius 2 is 2.15 bits per heavy atom. The molecule has 0 saturated carbocycles. The number of halogens is 1. The molecule has 110 valence electrons. The zero-order valence-electron chi connectivity index (χ0n) is 11.2. The number of thioether (sulfide) groups is 1. The molecular formula is C13H16BrNO4S. The van der Waals surface area contributed by atoms with Crippen LogP contribution in [0.4, 0.5) is 0 Å². The van der Waals surface area contributed by atoms with Gasteiger partial charge in [0.05, 0.1) is 24.7 Å². The summed E-state index contributed by atoms with van der Waals surface area (Å²) in [6, 6.07) is 5.37. The van der Waals surface area contributed by atoms with Gasteiger partial charge < -0.3 is 15.2 Å². The second-order valence-electron chi connectivity index (χ2n) is 4.06. The molecule has 0 aliphatic heterocycles. The van der Waals surface area contributed by atoms with Gasteiger partial charge in [0.2, 0.25) is 5.91 Å². The van der Waals surface area contributed by atoms with Crippen molar-refractivity contribution < 1.29 is 19.4 Å². The van der Waals surface area contributed by atoms with Crippen molar-refractivity contribution in [3.63, 3.8) is 0 Å². The van der Waals surface area contributed by atoms with Crippen molar-refractivity contribution in [2.24, 2.45) is 0 Å². The van der Waals surface area contributed by atoms with Crippen molar-refractivity contribution >= 4 is 39.6 Å². The molecule has 0 heterocycles. The van der Waals surface area contributed by atoms with E-state index < -0.39 is 5.97 Å². The quantitative estimate of drug-likeness (QED) is 0.779. The number of methoxy groups -OCH3 is 1. The standard InChI is InChI=1S/C13H16BrNO4S/c1-8(15-12(16)6-20-7-13(17)18)10-4-3-9(14)5-11(10)19-2/h3-5,8H,6-7H2,1-2H3,(H,15,16)(H,17,18). The molecule has 1 amide bonds. The molecule has 1 unspecified atom stereocenters. The number of ether oxygens (including phenoxy) is 1. The van der Waals surface area contributed by atoms with E-state index in [1.54, 1.807) is 7.11 Å². The third-order valence-corrected chi connectivity index (χ3v) is 3.91. The van der Waals surface area contributed by atoms with Gasteiger partial charge in [-0.1, -0.05) is 22.0 Å². The molecular weight excluding hydrogens is 346 g/mol. The number of nitrogens with one attached hydrogen (secondary N) is 1. The summed E-state index contributed by atoms with van der Waals surface area (Å²) < 4.78 is 6.17. The predicted molar refractivity (Wildman–Crippen MR) is 82.2 cm³/mol. The van der Waals surface area contributed by atoms with Crippen LogP contribution in [0.3, 0.4) is 0 Å². The van der Waals surface area contributed by atoms with E-state index in [9.17, 15) is 9.59 Å². The number of hydrogen-bond donors (Lipinski definition) is 2. The Bertz CT molecular complexity index is 495. The molecule has 1 aromatic carbocycles. The topological polar surface area (TPSA) is 75.6 Å². The summed E-state index contributed by atoms with van der Waals surface area (Å²) in [5.74, 6) is -0.400. The van der Waals surface area contributed by atoms with E-state index in [0.717, 1.165) is 21.8 Å². The number of rotatable bonds is 7. The summed E-state index contributed by atoms with van der Waals surface area (Å²) in [4.78, 5) is 22.1. The predicted octanol–water partition coefficient (Wildman–Crippen LogP) is 2.45. The molecule has 1 rings (SSSR count). The molecule has 5 nitrogen and oxygen atoms in total. The van der Waals surface area contributed by atoms with Gasteiger partial charge in [0.15, 0.2) is 0 Å². The first-order valence-electron chi connectivity index (χ1n) is 5.86. The first kappa shape index (κ1) is 16.8. The lowest BCUT2D eigenvalue weighted by Crippen LogP contribution is -2.28. The van der Waals surface area contributed by atoms with Crippen LogP contribution in [-0.4, -0.2) is 35.6 Å². The molecule has 0 fully saturated rings. The second kappa shape index (κ2) is 8.16. The molecule has 1 atom stereocenters. The maximum Gasteiger partial charge on any atom is 0.313 e. The smallest absolute Gasteiger partial charge is 0.313 e. The van der Waals surface area contributed by atoms with E-state index in [0.29, 0.717) is 5.75 Å². The van der Waals surface area contributed by atoms with Crippen LogP contribution in [0, 0.1) is 0 Å². The van der Waals surface area contributed by atoms with Crippen LogP contribution in [0.15, 0.2) is 22.7 Å². The minimum atomic E-state index is -0.926. The van der Waals surface area contributed by atoms with Gasteiger partial charge in [-0.05, 0) is 19.1 Å². The fraction of sp³-hybridized carbons (Fsp3) is 0.385. The first-order valence-corrected chi connectivity index (χ1v) is 7.81. The van der Waals surface area contributed by atoms with Crippen LogP contribution in [0.25, 0.3) is 0 Å². The van der Waals surface area contributed by atoms with Crippen LogP contribution in [0.5, 0.6) is 5.75 Å². The molecule has 0 aliphatic carbocycles. The van der Waals surface area contributed by atoms with Crippen LogP contribution in [0.2, 0.25) is 0 Å². The van der Waals surface area contributed by atoms with Gasteiger partial charge in [0.1, 0.15) is 5.75 Å². The molecule has 0 spiro atoms. The van der Waals surface area contributed by atoms with E-state index in [-0.39, 0.29) is 23.5 Å². The van der Waals surface area contributed by atoms with Gasteiger partial charge in [0.25, 0.3) is 0 Å². The van der Waals surface area contributed by atoms with Crippen LogP contribution in [-0.2, 0) is 9.59 Å². The highest BCUT2D eigenvalue weighted by molar-refractivity contribution is 9.10. The van der Waals surface area contributed by atoms with Crippen LogP contribution in [0.1, 0.15) is 18.5 Å². The normalized spacial score (nSPS) is 11.8. The summed E-state index contributed by atoms with van der Waals surface area (Å²) in [6.07, 6.45) is 0. The Morgan fingerprint density at radius 3 is 2.75 bits per heavy atom. The number of carbonyl (C=O) groups is 2. The number of aliphatic carboxylic acids is 1. The minimum absolute atomic E-state index is 0.0800. The molecule has 0 saturated heterocycles. The number of carboxylic acids is 1.